The van der Waals surface area contributed by atoms with Gasteiger partial charge in [0.05, 0.1) is 5.69 Å². The van der Waals surface area contributed by atoms with Crippen molar-refractivity contribution in [3.63, 3.8) is 0 Å². The molecule has 10 heteroatoms. The van der Waals surface area contributed by atoms with Gasteiger partial charge < -0.3 is 21.7 Å². The number of carbonyl (C=O) groups excluding carboxylic acids is 2. The number of halogens is 1. The predicted molar refractivity (Wildman–Crippen MR) is 119 cm³/mol. The van der Waals surface area contributed by atoms with Crippen LogP contribution < -0.4 is 21.7 Å². The highest BCUT2D eigenvalue weighted by Gasteiger charge is 2.19. The maximum Gasteiger partial charge on any atom is 0.319 e. The number of urea groups is 1. The lowest BCUT2D eigenvalue weighted by Gasteiger charge is -2.10. The standard InChI is InChI=1S/C22H20FN7O2/c1-13-27-18(19-20(24)25-9-10-30(13)19)21(31)28-15-6-4-5-14(11-15)12-26-22(32)29-17-8-3-2-7-16(17)23/h2-11H,12H2,1H3,(H2,24,25)(H,28,31)(H2,26,29,32). The normalized spacial score (nSPS) is 10.7. The molecule has 3 amide bonds. The number of amides is 3. The Bertz CT molecular complexity index is 1320. The van der Waals surface area contributed by atoms with Gasteiger partial charge in [-0.05, 0) is 36.8 Å². The predicted octanol–water partition coefficient (Wildman–Crippen LogP) is 3.33. The molecule has 0 aliphatic rings. The van der Waals surface area contributed by atoms with Gasteiger partial charge in [0.25, 0.3) is 5.91 Å². The van der Waals surface area contributed by atoms with Gasteiger partial charge in [0.2, 0.25) is 0 Å². The lowest BCUT2D eigenvalue weighted by Crippen LogP contribution is -2.28. The van der Waals surface area contributed by atoms with Gasteiger partial charge >= 0.3 is 6.03 Å². The van der Waals surface area contributed by atoms with Crippen molar-refractivity contribution in [2.75, 3.05) is 16.4 Å². The number of para-hydroxylation sites is 1. The summed E-state index contributed by atoms with van der Waals surface area (Å²) in [5.41, 5.74) is 7.88. The largest absolute Gasteiger partial charge is 0.382 e. The van der Waals surface area contributed by atoms with E-state index in [1.807, 2.05) is 0 Å². The first kappa shape index (κ1) is 20.8. The van der Waals surface area contributed by atoms with E-state index in [0.29, 0.717) is 17.0 Å². The monoisotopic (exact) mass is 433 g/mol. The summed E-state index contributed by atoms with van der Waals surface area (Å²) in [5.74, 6) is -0.141. The first-order valence-electron chi connectivity index (χ1n) is 9.71. The second-order valence-electron chi connectivity index (χ2n) is 6.98. The molecular formula is C22H20FN7O2. The summed E-state index contributed by atoms with van der Waals surface area (Å²) >= 11 is 0. The Morgan fingerprint density at radius 2 is 1.94 bits per heavy atom. The van der Waals surface area contributed by atoms with Crippen LogP contribution in [0.4, 0.5) is 26.4 Å². The van der Waals surface area contributed by atoms with Gasteiger partial charge in [0, 0.05) is 24.6 Å². The zero-order valence-corrected chi connectivity index (χ0v) is 17.1. The Balaban J connectivity index is 1.43. The van der Waals surface area contributed by atoms with Gasteiger partial charge in [-0.1, -0.05) is 24.3 Å². The molecule has 0 atom stereocenters. The molecule has 0 unspecified atom stereocenters. The summed E-state index contributed by atoms with van der Waals surface area (Å²) in [5, 5.41) is 7.89. The number of hydrogen-bond acceptors (Lipinski definition) is 5. The first-order valence-corrected chi connectivity index (χ1v) is 9.71. The summed E-state index contributed by atoms with van der Waals surface area (Å²) in [6, 6.07) is 12.3. The van der Waals surface area contributed by atoms with Crippen LogP contribution in [0.2, 0.25) is 0 Å². The van der Waals surface area contributed by atoms with Crippen LogP contribution in [-0.4, -0.2) is 26.3 Å². The van der Waals surface area contributed by atoms with Crippen molar-refractivity contribution in [1.82, 2.24) is 19.7 Å². The Morgan fingerprint density at radius 1 is 1.12 bits per heavy atom. The second-order valence-corrected chi connectivity index (χ2v) is 6.98. The third-order valence-corrected chi connectivity index (χ3v) is 4.73. The number of anilines is 3. The van der Waals surface area contributed by atoms with Crippen LogP contribution in [0.5, 0.6) is 0 Å². The zero-order chi connectivity index (χ0) is 22.7. The van der Waals surface area contributed by atoms with E-state index in [-0.39, 0.29) is 23.7 Å². The molecule has 0 saturated carbocycles. The lowest BCUT2D eigenvalue weighted by atomic mass is 10.2. The number of nitrogen functional groups attached to an aromatic ring is 1. The molecule has 0 aliphatic heterocycles. The summed E-state index contributed by atoms with van der Waals surface area (Å²) in [4.78, 5) is 33.2. The van der Waals surface area contributed by atoms with E-state index in [1.165, 1.54) is 24.4 Å². The summed E-state index contributed by atoms with van der Waals surface area (Å²) in [6.07, 6.45) is 3.22. The van der Waals surface area contributed by atoms with Crippen LogP contribution in [0.25, 0.3) is 5.52 Å². The number of fused-ring (bicyclic) bond motifs is 1. The zero-order valence-electron chi connectivity index (χ0n) is 17.1. The number of nitrogens with two attached hydrogens (primary N) is 1. The number of aromatic nitrogens is 3. The maximum atomic E-state index is 13.7. The molecule has 4 rings (SSSR count). The van der Waals surface area contributed by atoms with Crippen molar-refractivity contribution in [3.8, 4) is 0 Å². The van der Waals surface area contributed by atoms with E-state index in [4.69, 9.17) is 5.73 Å². The number of nitrogens with one attached hydrogen (secondary N) is 3. The van der Waals surface area contributed by atoms with Crippen molar-refractivity contribution in [2.45, 2.75) is 13.5 Å². The van der Waals surface area contributed by atoms with E-state index >= 15 is 0 Å². The average Bonchev–Trinajstić information content (AvgIpc) is 3.12. The molecule has 162 valence electrons. The lowest BCUT2D eigenvalue weighted by molar-refractivity contribution is 0.102. The third kappa shape index (κ3) is 4.33. The highest BCUT2D eigenvalue weighted by atomic mass is 19.1. The minimum atomic E-state index is -0.549. The van der Waals surface area contributed by atoms with E-state index in [9.17, 15) is 14.0 Å². The highest BCUT2D eigenvalue weighted by Crippen LogP contribution is 2.20. The summed E-state index contributed by atoms with van der Waals surface area (Å²) in [6.45, 7) is 1.94. The molecule has 5 N–H and O–H groups in total. The number of nitrogens with zero attached hydrogens (tertiary/aromatic N) is 3. The topological polar surface area (TPSA) is 126 Å². The number of imidazole rings is 1. The van der Waals surface area contributed by atoms with Gasteiger partial charge in [-0.2, -0.15) is 0 Å². The van der Waals surface area contributed by atoms with Gasteiger partial charge in [-0.25, -0.2) is 19.2 Å². The molecule has 2 aromatic carbocycles. The number of benzene rings is 2. The number of carbonyl (C=O) groups is 2. The quantitative estimate of drug-likeness (QED) is 0.384. The van der Waals surface area contributed by atoms with Gasteiger partial charge in [-0.3, -0.25) is 9.20 Å². The summed E-state index contributed by atoms with van der Waals surface area (Å²) < 4.78 is 15.4. The minimum Gasteiger partial charge on any atom is -0.382 e. The molecule has 0 saturated heterocycles. The smallest absolute Gasteiger partial charge is 0.319 e. The van der Waals surface area contributed by atoms with Crippen LogP contribution in [0.15, 0.2) is 60.9 Å². The third-order valence-electron chi connectivity index (χ3n) is 4.73. The number of aryl methyl sites for hydroxylation is 1. The molecule has 0 fully saturated rings. The average molecular weight is 433 g/mol. The molecule has 0 radical (unpaired) electrons. The van der Waals surface area contributed by atoms with Gasteiger partial charge in [0.1, 0.15) is 23.0 Å². The van der Waals surface area contributed by atoms with Crippen LogP contribution >= 0.6 is 0 Å². The van der Waals surface area contributed by atoms with Crippen molar-refractivity contribution >= 4 is 34.6 Å². The Kier molecular flexibility index (Phi) is 5.67. The fourth-order valence-electron chi connectivity index (χ4n) is 3.23. The Morgan fingerprint density at radius 3 is 2.75 bits per heavy atom. The van der Waals surface area contributed by atoms with Crippen LogP contribution in [0, 0.1) is 12.7 Å². The molecule has 0 aliphatic carbocycles. The number of rotatable bonds is 5. The van der Waals surface area contributed by atoms with Gasteiger partial charge in [-0.15, -0.1) is 0 Å². The molecule has 9 nitrogen and oxygen atoms in total. The maximum absolute atomic E-state index is 13.7. The van der Waals surface area contributed by atoms with E-state index < -0.39 is 17.8 Å². The van der Waals surface area contributed by atoms with Crippen LogP contribution in [-0.2, 0) is 6.54 Å². The Labute approximate surface area is 182 Å². The van der Waals surface area contributed by atoms with E-state index in [1.54, 1.807) is 47.9 Å². The Hall–Kier alpha value is -4.47. The van der Waals surface area contributed by atoms with Gasteiger partial charge in [0.15, 0.2) is 5.69 Å². The molecule has 4 aromatic rings. The van der Waals surface area contributed by atoms with E-state index in [2.05, 4.69) is 25.9 Å². The first-order chi connectivity index (χ1) is 15.4. The van der Waals surface area contributed by atoms with Crippen molar-refractivity contribution in [1.29, 1.82) is 0 Å². The molecule has 0 spiro atoms. The van der Waals surface area contributed by atoms with Crippen LogP contribution in [0.3, 0.4) is 0 Å². The summed E-state index contributed by atoms with van der Waals surface area (Å²) in [7, 11) is 0. The number of hydrogen-bond donors (Lipinski definition) is 4. The molecule has 2 heterocycles. The minimum absolute atomic E-state index is 0.0855. The van der Waals surface area contributed by atoms with Crippen molar-refractivity contribution in [3.05, 3.63) is 83.8 Å². The molecule has 2 aromatic heterocycles. The van der Waals surface area contributed by atoms with E-state index in [0.717, 1.165) is 5.56 Å². The molecular weight excluding hydrogens is 413 g/mol. The fraction of sp³-hybridized carbons (Fsp3) is 0.0909. The molecule has 0 bridgehead atoms. The fourth-order valence-corrected chi connectivity index (χ4v) is 3.23. The van der Waals surface area contributed by atoms with Crippen molar-refractivity contribution in [2.24, 2.45) is 0 Å². The van der Waals surface area contributed by atoms with Crippen molar-refractivity contribution < 1.29 is 14.0 Å². The second kappa shape index (κ2) is 8.72. The SMILES string of the molecule is Cc1nc(C(=O)Nc2cccc(CNC(=O)Nc3ccccc3F)c2)c2c(N)nccn12. The molecule has 32 heavy (non-hydrogen) atoms. The highest BCUT2D eigenvalue weighted by molar-refractivity contribution is 6.09. The van der Waals surface area contributed by atoms with Crippen LogP contribution in [0.1, 0.15) is 21.9 Å².